The maximum absolute atomic E-state index is 5.74. The third-order valence-electron chi connectivity index (χ3n) is 3.72. The third-order valence-corrected chi connectivity index (χ3v) is 3.72. The molecule has 0 radical (unpaired) electrons. The van der Waals surface area contributed by atoms with Crippen LogP contribution in [0.3, 0.4) is 0 Å². The summed E-state index contributed by atoms with van der Waals surface area (Å²) in [6, 6.07) is 0.469. The Morgan fingerprint density at radius 2 is 2.29 bits per heavy atom. The lowest BCUT2D eigenvalue weighted by atomic mass is 10.1. The number of aromatic nitrogens is 1. The normalized spacial score (nSPS) is 29.5. The van der Waals surface area contributed by atoms with Gasteiger partial charge in [-0.1, -0.05) is 0 Å². The number of morpholine rings is 1. The monoisotopic (exact) mass is 237 g/mol. The Balaban J connectivity index is 1.71. The number of nitrogens with one attached hydrogen (secondary N) is 1. The molecule has 5 heteroatoms. The molecule has 1 aromatic rings. The van der Waals surface area contributed by atoms with Crippen LogP contribution in [-0.2, 0) is 11.3 Å². The second kappa shape index (κ2) is 4.40. The van der Waals surface area contributed by atoms with E-state index in [1.165, 1.54) is 0 Å². The number of fused-ring (bicyclic) bond motifs is 1. The lowest BCUT2D eigenvalue weighted by Gasteiger charge is -2.36. The molecule has 3 heterocycles. The largest absolute Gasteiger partial charge is 0.444 e. The van der Waals surface area contributed by atoms with Crippen LogP contribution >= 0.6 is 0 Å². The summed E-state index contributed by atoms with van der Waals surface area (Å²) >= 11 is 0. The van der Waals surface area contributed by atoms with Crippen molar-refractivity contribution >= 4 is 0 Å². The molecule has 2 saturated heterocycles. The van der Waals surface area contributed by atoms with E-state index in [1.807, 2.05) is 13.8 Å². The maximum atomic E-state index is 5.74. The van der Waals surface area contributed by atoms with Gasteiger partial charge in [0, 0.05) is 19.6 Å². The standard InChI is InChI=1S/C12H19N3O2/c1-8-9(2)17-12(14-8)7-15-3-4-16-11-6-13-5-10(11)15/h10-11,13H,3-7H2,1-2H3/t10-,11+/m1/s1. The maximum Gasteiger partial charge on any atom is 0.208 e. The highest BCUT2D eigenvalue weighted by Crippen LogP contribution is 2.20. The Kier molecular flexibility index (Phi) is 2.90. The van der Waals surface area contributed by atoms with Crippen LogP contribution in [0.1, 0.15) is 17.3 Å². The number of oxazole rings is 1. The van der Waals surface area contributed by atoms with E-state index in [9.17, 15) is 0 Å². The molecule has 2 aliphatic heterocycles. The molecule has 17 heavy (non-hydrogen) atoms. The number of ether oxygens (including phenoxy) is 1. The first-order chi connectivity index (χ1) is 8.24. The molecule has 0 unspecified atom stereocenters. The van der Waals surface area contributed by atoms with Crippen LogP contribution < -0.4 is 5.32 Å². The van der Waals surface area contributed by atoms with Crippen molar-refractivity contribution in [3.05, 3.63) is 17.3 Å². The van der Waals surface area contributed by atoms with E-state index in [0.29, 0.717) is 12.1 Å². The molecule has 0 aromatic carbocycles. The van der Waals surface area contributed by atoms with Gasteiger partial charge < -0.3 is 14.5 Å². The Bertz CT molecular complexity index is 385. The lowest BCUT2D eigenvalue weighted by molar-refractivity contribution is -0.0525. The molecule has 3 rings (SSSR count). The summed E-state index contributed by atoms with van der Waals surface area (Å²) < 4.78 is 11.4. The van der Waals surface area contributed by atoms with Gasteiger partial charge in [-0.05, 0) is 13.8 Å². The van der Waals surface area contributed by atoms with Crippen molar-refractivity contribution in [2.45, 2.75) is 32.5 Å². The van der Waals surface area contributed by atoms with Gasteiger partial charge in [-0.3, -0.25) is 4.90 Å². The van der Waals surface area contributed by atoms with Crippen LogP contribution in [-0.4, -0.2) is 48.3 Å². The molecule has 2 aliphatic rings. The molecule has 1 aromatic heterocycles. The first-order valence-corrected chi connectivity index (χ1v) is 6.23. The number of nitrogens with zero attached hydrogens (tertiary/aromatic N) is 2. The average molecular weight is 237 g/mol. The summed E-state index contributed by atoms with van der Waals surface area (Å²) in [5.41, 5.74) is 0.995. The minimum absolute atomic E-state index is 0.334. The Morgan fingerprint density at radius 1 is 1.41 bits per heavy atom. The number of hydrogen-bond donors (Lipinski definition) is 1. The average Bonchev–Trinajstić information content (AvgIpc) is 2.87. The molecule has 0 amide bonds. The second-order valence-electron chi connectivity index (χ2n) is 4.85. The predicted molar refractivity (Wildman–Crippen MR) is 62.8 cm³/mol. The minimum Gasteiger partial charge on any atom is -0.444 e. The highest BCUT2D eigenvalue weighted by Gasteiger charge is 2.36. The van der Waals surface area contributed by atoms with Crippen LogP contribution in [0.4, 0.5) is 0 Å². The molecule has 2 atom stereocenters. The van der Waals surface area contributed by atoms with E-state index in [4.69, 9.17) is 9.15 Å². The van der Waals surface area contributed by atoms with Crippen LogP contribution in [0, 0.1) is 13.8 Å². The molecule has 5 nitrogen and oxygen atoms in total. The zero-order chi connectivity index (χ0) is 11.8. The molecule has 1 N–H and O–H groups in total. The first kappa shape index (κ1) is 11.2. The zero-order valence-electron chi connectivity index (χ0n) is 10.4. The molecule has 2 fully saturated rings. The van der Waals surface area contributed by atoms with Gasteiger partial charge in [-0.2, -0.15) is 0 Å². The zero-order valence-corrected chi connectivity index (χ0v) is 10.4. The molecule has 94 valence electrons. The summed E-state index contributed by atoms with van der Waals surface area (Å²) in [4.78, 5) is 6.86. The highest BCUT2D eigenvalue weighted by molar-refractivity contribution is 5.06. The molecular weight excluding hydrogens is 218 g/mol. The van der Waals surface area contributed by atoms with Crippen molar-refractivity contribution in [3.8, 4) is 0 Å². The van der Waals surface area contributed by atoms with Crippen LogP contribution in [0.25, 0.3) is 0 Å². The van der Waals surface area contributed by atoms with Crippen LogP contribution in [0.5, 0.6) is 0 Å². The van der Waals surface area contributed by atoms with Crippen LogP contribution in [0.15, 0.2) is 4.42 Å². The van der Waals surface area contributed by atoms with E-state index >= 15 is 0 Å². The summed E-state index contributed by atoms with van der Waals surface area (Å²) in [6.45, 7) is 8.48. The fourth-order valence-corrected chi connectivity index (χ4v) is 2.64. The molecular formula is C12H19N3O2. The van der Waals surface area contributed by atoms with Crippen molar-refractivity contribution < 1.29 is 9.15 Å². The van der Waals surface area contributed by atoms with Gasteiger partial charge in [0.15, 0.2) is 0 Å². The third kappa shape index (κ3) is 2.10. The van der Waals surface area contributed by atoms with Gasteiger partial charge in [0.25, 0.3) is 0 Å². The van der Waals surface area contributed by atoms with E-state index in [1.54, 1.807) is 0 Å². The predicted octanol–water partition coefficient (Wildman–Crippen LogP) is 0.464. The summed E-state index contributed by atoms with van der Waals surface area (Å²) in [6.07, 6.45) is 0.334. The topological polar surface area (TPSA) is 50.5 Å². The SMILES string of the molecule is Cc1nc(CN2CCO[C@H]3CNC[C@H]32)oc1C. The first-order valence-electron chi connectivity index (χ1n) is 6.23. The van der Waals surface area contributed by atoms with E-state index in [2.05, 4.69) is 15.2 Å². The van der Waals surface area contributed by atoms with Gasteiger partial charge in [0.1, 0.15) is 5.76 Å². The Labute approximate surface area is 101 Å². The lowest BCUT2D eigenvalue weighted by Crippen LogP contribution is -2.50. The highest BCUT2D eigenvalue weighted by atomic mass is 16.5. The summed E-state index contributed by atoms with van der Waals surface area (Å²) in [7, 11) is 0. The quantitative estimate of drug-likeness (QED) is 0.810. The fraction of sp³-hybridized carbons (Fsp3) is 0.750. The van der Waals surface area contributed by atoms with Crippen molar-refractivity contribution in [3.63, 3.8) is 0 Å². The van der Waals surface area contributed by atoms with E-state index in [0.717, 1.165) is 50.1 Å². The summed E-state index contributed by atoms with van der Waals surface area (Å²) in [5.74, 6) is 1.75. The van der Waals surface area contributed by atoms with Gasteiger partial charge >= 0.3 is 0 Å². The second-order valence-corrected chi connectivity index (χ2v) is 4.85. The summed E-state index contributed by atoms with van der Waals surface area (Å²) in [5, 5.41) is 3.38. The van der Waals surface area contributed by atoms with Gasteiger partial charge in [0.05, 0.1) is 31.0 Å². The number of aryl methyl sites for hydroxylation is 2. The van der Waals surface area contributed by atoms with Gasteiger partial charge in [0.2, 0.25) is 5.89 Å². The van der Waals surface area contributed by atoms with Crippen molar-refractivity contribution in [2.75, 3.05) is 26.2 Å². The van der Waals surface area contributed by atoms with Crippen molar-refractivity contribution in [2.24, 2.45) is 0 Å². The Morgan fingerprint density at radius 3 is 3.06 bits per heavy atom. The number of hydrogen-bond acceptors (Lipinski definition) is 5. The van der Waals surface area contributed by atoms with Crippen molar-refractivity contribution in [1.29, 1.82) is 0 Å². The minimum atomic E-state index is 0.334. The molecule has 0 aliphatic carbocycles. The number of rotatable bonds is 2. The molecule has 0 spiro atoms. The van der Waals surface area contributed by atoms with Gasteiger partial charge in [-0.25, -0.2) is 4.98 Å². The van der Waals surface area contributed by atoms with E-state index < -0.39 is 0 Å². The van der Waals surface area contributed by atoms with Crippen LogP contribution in [0.2, 0.25) is 0 Å². The van der Waals surface area contributed by atoms with Crippen molar-refractivity contribution in [1.82, 2.24) is 15.2 Å². The van der Waals surface area contributed by atoms with Gasteiger partial charge in [-0.15, -0.1) is 0 Å². The van der Waals surface area contributed by atoms with E-state index in [-0.39, 0.29) is 0 Å². The molecule has 0 bridgehead atoms. The molecule has 0 saturated carbocycles. The smallest absolute Gasteiger partial charge is 0.208 e. The Hall–Kier alpha value is -0.910. The fourth-order valence-electron chi connectivity index (χ4n) is 2.64.